The van der Waals surface area contributed by atoms with Crippen LogP contribution in [0.15, 0.2) is 12.1 Å². The highest BCUT2D eigenvalue weighted by molar-refractivity contribution is 5.85. The van der Waals surface area contributed by atoms with Gasteiger partial charge in [-0.15, -0.1) is 10.2 Å². The number of nitrogens with zero attached hydrogens (tertiary/aromatic N) is 3. The third-order valence-corrected chi connectivity index (χ3v) is 1.92. The van der Waals surface area contributed by atoms with E-state index in [0.717, 1.165) is 0 Å². The Morgan fingerprint density at radius 3 is 2.56 bits per heavy atom. The first kappa shape index (κ1) is 11.9. The van der Waals surface area contributed by atoms with Crippen molar-refractivity contribution in [3.05, 3.63) is 17.8 Å². The fourth-order valence-electron chi connectivity index (χ4n) is 1.02. The van der Waals surface area contributed by atoms with Crippen molar-refractivity contribution in [1.29, 1.82) is 0 Å². The largest absolute Gasteiger partial charge is 0.476 e. The van der Waals surface area contributed by atoms with Crippen molar-refractivity contribution < 1.29 is 14.7 Å². The minimum absolute atomic E-state index is 0.128. The summed E-state index contributed by atoms with van der Waals surface area (Å²) in [5, 5.41) is 18.3. The summed E-state index contributed by atoms with van der Waals surface area (Å²) >= 11 is 0. The summed E-state index contributed by atoms with van der Waals surface area (Å²) in [6, 6.07) is 2.84. The van der Waals surface area contributed by atoms with Crippen molar-refractivity contribution in [2.75, 3.05) is 25.5 Å². The molecule has 0 saturated carbocycles. The molecule has 2 N–H and O–H groups in total. The zero-order valence-electron chi connectivity index (χ0n) is 8.97. The van der Waals surface area contributed by atoms with Crippen molar-refractivity contribution in [3.63, 3.8) is 0 Å². The Hall–Kier alpha value is -2.18. The number of hydrogen-bond acceptors (Lipinski definition) is 5. The number of rotatable bonds is 4. The number of anilines is 1. The predicted molar refractivity (Wildman–Crippen MR) is 56.3 cm³/mol. The van der Waals surface area contributed by atoms with Gasteiger partial charge in [0.15, 0.2) is 11.5 Å². The lowest BCUT2D eigenvalue weighted by molar-refractivity contribution is -0.119. The summed E-state index contributed by atoms with van der Waals surface area (Å²) in [4.78, 5) is 23.2. The average molecular weight is 224 g/mol. The van der Waals surface area contributed by atoms with Crippen LogP contribution in [0.2, 0.25) is 0 Å². The minimum Gasteiger partial charge on any atom is -0.476 e. The molecule has 1 aromatic rings. The fourth-order valence-corrected chi connectivity index (χ4v) is 1.02. The van der Waals surface area contributed by atoms with Crippen LogP contribution in [-0.2, 0) is 4.79 Å². The van der Waals surface area contributed by atoms with Gasteiger partial charge in [-0.3, -0.25) is 4.79 Å². The van der Waals surface area contributed by atoms with E-state index in [1.165, 1.54) is 19.2 Å². The summed E-state index contributed by atoms with van der Waals surface area (Å²) in [5.74, 6) is -0.854. The van der Waals surface area contributed by atoms with Gasteiger partial charge in [0.05, 0.1) is 6.54 Å². The third-order valence-electron chi connectivity index (χ3n) is 1.92. The Bertz CT molecular complexity index is 390. The van der Waals surface area contributed by atoms with E-state index in [1.54, 1.807) is 11.9 Å². The number of carboxylic acids is 1. The summed E-state index contributed by atoms with van der Waals surface area (Å²) in [6.07, 6.45) is 0. The second-order valence-corrected chi connectivity index (χ2v) is 3.11. The van der Waals surface area contributed by atoms with E-state index >= 15 is 0 Å². The zero-order valence-corrected chi connectivity index (χ0v) is 8.97. The fraction of sp³-hybridized carbons (Fsp3) is 0.333. The van der Waals surface area contributed by atoms with Crippen LogP contribution in [-0.4, -0.2) is 47.8 Å². The van der Waals surface area contributed by atoms with E-state index in [0.29, 0.717) is 5.82 Å². The first-order chi connectivity index (χ1) is 7.54. The van der Waals surface area contributed by atoms with Crippen LogP contribution in [0.4, 0.5) is 5.82 Å². The lowest BCUT2D eigenvalue weighted by atomic mass is 10.4. The maximum Gasteiger partial charge on any atom is 0.356 e. The second-order valence-electron chi connectivity index (χ2n) is 3.11. The van der Waals surface area contributed by atoms with E-state index < -0.39 is 5.97 Å². The van der Waals surface area contributed by atoms with Crippen molar-refractivity contribution in [2.24, 2.45) is 0 Å². The molecular formula is C9H12N4O3. The number of nitrogens with one attached hydrogen (secondary N) is 1. The molecule has 0 bridgehead atoms. The van der Waals surface area contributed by atoms with Crippen LogP contribution in [0, 0.1) is 0 Å². The van der Waals surface area contributed by atoms with Crippen LogP contribution in [0.5, 0.6) is 0 Å². The molecule has 1 amide bonds. The van der Waals surface area contributed by atoms with Gasteiger partial charge in [-0.2, -0.15) is 0 Å². The van der Waals surface area contributed by atoms with Crippen LogP contribution in [0.25, 0.3) is 0 Å². The van der Waals surface area contributed by atoms with Gasteiger partial charge in [-0.05, 0) is 12.1 Å². The molecule has 0 atom stereocenters. The highest BCUT2D eigenvalue weighted by Gasteiger charge is 2.09. The molecule has 0 unspecified atom stereocenters. The molecule has 0 aliphatic heterocycles. The van der Waals surface area contributed by atoms with Crippen molar-refractivity contribution >= 4 is 17.7 Å². The van der Waals surface area contributed by atoms with E-state index in [-0.39, 0.29) is 18.1 Å². The minimum atomic E-state index is -1.13. The van der Waals surface area contributed by atoms with E-state index in [4.69, 9.17) is 5.11 Å². The van der Waals surface area contributed by atoms with Gasteiger partial charge < -0.3 is 15.3 Å². The number of amides is 1. The van der Waals surface area contributed by atoms with Crippen molar-refractivity contribution in [1.82, 2.24) is 15.5 Å². The van der Waals surface area contributed by atoms with Crippen LogP contribution in [0.3, 0.4) is 0 Å². The molecule has 1 rings (SSSR count). The maximum absolute atomic E-state index is 11.1. The summed E-state index contributed by atoms with van der Waals surface area (Å²) in [5.41, 5.74) is -0.128. The van der Waals surface area contributed by atoms with Gasteiger partial charge in [0.2, 0.25) is 5.91 Å². The van der Waals surface area contributed by atoms with Gasteiger partial charge in [0.25, 0.3) is 0 Å². The molecule has 7 nitrogen and oxygen atoms in total. The molecular weight excluding hydrogens is 212 g/mol. The number of aromatic carboxylic acids is 1. The maximum atomic E-state index is 11.1. The standard InChI is InChI=1S/C9H12N4O3/c1-10-8(14)5-13(2)7-4-3-6(9(15)16)11-12-7/h3-4H,5H2,1-2H3,(H,10,14)(H,15,16). The molecule has 0 aliphatic rings. The first-order valence-corrected chi connectivity index (χ1v) is 4.53. The quantitative estimate of drug-likeness (QED) is 0.706. The van der Waals surface area contributed by atoms with Crippen LogP contribution >= 0.6 is 0 Å². The van der Waals surface area contributed by atoms with Crippen molar-refractivity contribution in [2.45, 2.75) is 0 Å². The summed E-state index contributed by atoms with van der Waals surface area (Å²) in [6.45, 7) is 0.137. The Balaban J connectivity index is 2.73. The molecule has 1 aromatic heterocycles. The number of likely N-dealkylation sites (N-methyl/N-ethyl adjacent to an activating group) is 2. The van der Waals surface area contributed by atoms with Gasteiger partial charge in [-0.25, -0.2) is 4.79 Å². The molecule has 0 saturated heterocycles. The van der Waals surface area contributed by atoms with E-state index in [2.05, 4.69) is 15.5 Å². The highest BCUT2D eigenvalue weighted by Crippen LogP contribution is 2.06. The number of carboxylic acid groups (broad SMARTS) is 1. The molecule has 0 fully saturated rings. The average Bonchev–Trinajstić information content (AvgIpc) is 2.28. The SMILES string of the molecule is CNC(=O)CN(C)c1ccc(C(=O)O)nn1. The molecule has 86 valence electrons. The van der Waals surface area contributed by atoms with Gasteiger partial charge in [0.1, 0.15) is 0 Å². The Morgan fingerprint density at radius 2 is 2.12 bits per heavy atom. The molecule has 7 heteroatoms. The van der Waals surface area contributed by atoms with Crippen molar-refractivity contribution in [3.8, 4) is 0 Å². The van der Waals surface area contributed by atoms with E-state index in [9.17, 15) is 9.59 Å². The number of carbonyl (C=O) groups excluding carboxylic acids is 1. The molecule has 0 radical (unpaired) electrons. The Morgan fingerprint density at radius 1 is 1.44 bits per heavy atom. The zero-order chi connectivity index (χ0) is 12.1. The van der Waals surface area contributed by atoms with Crippen LogP contribution < -0.4 is 10.2 Å². The first-order valence-electron chi connectivity index (χ1n) is 4.53. The molecule has 1 heterocycles. The van der Waals surface area contributed by atoms with Gasteiger partial charge >= 0.3 is 5.97 Å². The molecule has 16 heavy (non-hydrogen) atoms. The Labute approximate surface area is 92.1 Å². The number of hydrogen-bond donors (Lipinski definition) is 2. The van der Waals surface area contributed by atoms with E-state index in [1.807, 2.05) is 0 Å². The lowest BCUT2D eigenvalue weighted by Crippen LogP contribution is -2.33. The number of aromatic nitrogens is 2. The lowest BCUT2D eigenvalue weighted by Gasteiger charge is -2.15. The van der Waals surface area contributed by atoms with Gasteiger partial charge in [0, 0.05) is 14.1 Å². The third kappa shape index (κ3) is 2.91. The molecule has 0 aliphatic carbocycles. The highest BCUT2D eigenvalue weighted by atomic mass is 16.4. The topological polar surface area (TPSA) is 95.4 Å². The Kier molecular flexibility index (Phi) is 3.76. The molecule has 0 aromatic carbocycles. The monoisotopic (exact) mass is 224 g/mol. The predicted octanol–water partition coefficient (Wildman–Crippen LogP) is -0.643. The van der Waals surface area contributed by atoms with Gasteiger partial charge in [-0.1, -0.05) is 0 Å². The number of carbonyl (C=O) groups is 2. The normalized spacial score (nSPS) is 9.62. The second kappa shape index (κ2) is 5.06. The summed E-state index contributed by atoms with van der Waals surface area (Å²) in [7, 11) is 3.20. The van der Waals surface area contributed by atoms with Crippen LogP contribution in [0.1, 0.15) is 10.5 Å². The molecule has 0 spiro atoms. The summed E-state index contributed by atoms with van der Waals surface area (Å²) < 4.78 is 0. The smallest absolute Gasteiger partial charge is 0.356 e.